The molecule has 0 aromatic heterocycles. The van der Waals surface area contributed by atoms with Crippen LogP contribution in [0.2, 0.25) is 0 Å². The summed E-state index contributed by atoms with van der Waals surface area (Å²) in [6.45, 7) is -0.0965. The van der Waals surface area contributed by atoms with Crippen LogP contribution in [0.25, 0.3) is 11.1 Å². The highest BCUT2D eigenvalue weighted by molar-refractivity contribution is 5.82. The molecular formula is C33H30N2O6. The molecule has 8 nitrogen and oxygen atoms in total. The van der Waals surface area contributed by atoms with Crippen LogP contribution in [0.5, 0.6) is 5.75 Å². The summed E-state index contributed by atoms with van der Waals surface area (Å²) in [5.74, 6) is -0.784. The Morgan fingerprint density at radius 2 is 1.34 bits per heavy atom. The maximum absolute atomic E-state index is 13.1. The number of rotatable bonds is 11. The molecule has 0 bridgehead atoms. The van der Waals surface area contributed by atoms with Crippen molar-refractivity contribution >= 4 is 18.0 Å². The molecule has 5 rings (SSSR count). The first-order chi connectivity index (χ1) is 20.0. The number of hydrogen-bond acceptors (Lipinski definition) is 6. The van der Waals surface area contributed by atoms with Crippen LogP contribution < -0.4 is 15.8 Å². The lowest BCUT2D eigenvalue weighted by Gasteiger charge is -2.19. The molecule has 0 heterocycles. The van der Waals surface area contributed by atoms with Gasteiger partial charge in [0.2, 0.25) is 0 Å². The van der Waals surface area contributed by atoms with Gasteiger partial charge in [0.15, 0.2) is 6.61 Å². The average molecular weight is 551 g/mol. The zero-order valence-electron chi connectivity index (χ0n) is 22.3. The molecule has 0 saturated heterocycles. The molecule has 1 atom stereocenters. The fourth-order valence-corrected chi connectivity index (χ4v) is 4.92. The summed E-state index contributed by atoms with van der Waals surface area (Å²) in [4.78, 5) is 37.0. The van der Waals surface area contributed by atoms with Crippen LogP contribution in [0.15, 0.2) is 103 Å². The second-order valence-electron chi connectivity index (χ2n) is 9.72. The first kappa shape index (κ1) is 27.5. The van der Waals surface area contributed by atoms with Crippen LogP contribution in [0.4, 0.5) is 4.79 Å². The third-order valence-electron chi connectivity index (χ3n) is 6.89. The Balaban J connectivity index is 1.22. The van der Waals surface area contributed by atoms with Crippen LogP contribution in [0.3, 0.4) is 0 Å². The van der Waals surface area contributed by atoms with Crippen molar-refractivity contribution in [1.82, 2.24) is 5.32 Å². The average Bonchev–Trinajstić information content (AvgIpc) is 3.32. The van der Waals surface area contributed by atoms with Crippen LogP contribution >= 0.6 is 0 Å². The molecule has 3 N–H and O–H groups in total. The van der Waals surface area contributed by atoms with Gasteiger partial charge in [-0.2, -0.15) is 0 Å². The van der Waals surface area contributed by atoms with Crippen molar-refractivity contribution in [3.05, 3.63) is 125 Å². The number of primary amides is 1. The molecular weight excluding hydrogens is 520 g/mol. The molecule has 0 saturated carbocycles. The predicted octanol–water partition coefficient (Wildman–Crippen LogP) is 4.74. The number of hydrogen-bond donors (Lipinski definition) is 2. The van der Waals surface area contributed by atoms with Crippen molar-refractivity contribution in [3.8, 4) is 16.9 Å². The minimum atomic E-state index is -0.953. The highest BCUT2D eigenvalue weighted by Gasteiger charge is 2.30. The zero-order valence-corrected chi connectivity index (χ0v) is 22.3. The number of fused-ring (bicyclic) bond motifs is 3. The summed E-state index contributed by atoms with van der Waals surface area (Å²) in [7, 11) is 0. The summed E-state index contributed by atoms with van der Waals surface area (Å²) in [6, 6.07) is 31.4. The van der Waals surface area contributed by atoms with Gasteiger partial charge in [0.05, 0.1) is 0 Å². The largest absolute Gasteiger partial charge is 0.484 e. The van der Waals surface area contributed by atoms with Gasteiger partial charge >= 0.3 is 12.1 Å². The standard InChI is InChI=1S/C33H30N2O6/c34-31(36)21-39-24-16-14-23(15-17-24)19-40-32(37)30(18-22-8-2-1-3-9-22)35-33(38)41-20-29-27-12-6-4-10-25(27)26-11-5-7-13-28(26)29/h1-17,29-30H,18-21H2,(H2,34,36)(H,35,38)/t30-/m0/s1. The van der Waals surface area contributed by atoms with Gasteiger partial charge in [-0.3, -0.25) is 4.79 Å². The summed E-state index contributed by atoms with van der Waals surface area (Å²) in [6.07, 6.45) is -0.454. The van der Waals surface area contributed by atoms with Crippen molar-refractivity contribution in [1.29, 1.82) is 0 Å². The van der Waals surface area contributed by atoms with Gasteiger partial charge in [-0.05, 0) is 45.5 Å². The van der Waals surface area contributed by atoms with Crippen LogP contribution in [-0.4, -0.2) is 37.2 Å². The van der Waals surface area contributed by atoms with Gasteiger partial charge in [-0.1, -0.05) is 91.0 Å². The highest BCUT2D eigenvalue weighted by atomic mass is 16.6. The summed E-state index contributed by atoms with van der Waals surface area (Å²) >= 11 is 0. The van der Waals surface area contributed by atoms with E-state index in [4.69, 9.17) is 19.9 Å². The second-order valence-corrected chi connectivity index (χ2v) is 9.72. The summed E-state index contributed by atoms with van der Waals surface area (Å²) in [5, 5.41) is 2.71. The van der Waals surface area contributed by atoms with Crippen molar-refractivity contribution in [2.45, 2.75) is 25.0 Å². The summed E-state index contributed by atoms with van der Waals surface area (Å²) in [5.41, 5.74) is 11.2. The number of esters is 1. The molecule has 41 heavy (non-hydrogen) atoms. The van der Waals surface area contributed by atoms with E-state index in [9.17, 15) is 14.4 Å². The van der Waals surface area contributed by atoms with Crippen molar-refractivity contribution < 1.29 is 28.6 Å². The number of benzene rings is 4. The van der Waals surface area contributed by atoms with Crippen molar-refractivity contribution in [2.24, 2.45) is 5.73 Å². The SMILES string of the molecule is NC(=O)COc1ccc(COC(=O)[C@H](Cc2ccccc2)NC(=O)OCC2c3ccccc3-c3ccccc32)cc1. The number of alkyl carbamates (subject to hydrolysis) is 1. The molecule has 0 fully saturated rings. The Labute approximate surface area is 238 Å². The van der Waals surface area contributed by atoms with Gasteiger partial charge in [0.25, 0.3) is 5.91 Å². The third-order valence-corrected chi connectivity index (χ3v) is 6.89. The van der Waals surface area contributed by atoms with Gasteiger partial charge < -0.3 is 25.3 Å². The Hall–Kier alpha value is -5.11. The lowest BCUT2D eigenvalue weighted by molar-refractivity contribution is -0.147. The number of carbonyl (C=O) groups is 3. The molecule has 0 aliphatic heterocycles. The minimum Gasteiger partial charge on any atom is -0.484 e. The van der Waals surface area contributed by atoms with Crippen molar-refractivity contribution in [3.63, 3.8) is 0 Å². The fraction of sp³-hybridized carbons (Fsp3) is 0.182. The zero-order chi connectivity index (χ0) is 28.6. The monoisotopic (exact) mass is 550 g/mol. The van der Waals surface area contributed by atoms with E-state index >= 15 is 0 Å². The molecule has 0 unspecified atom stereocenters. The molecule has 0 spiro atoms. The van der Waals surface area contributed by atoms with E-state index in [2.05, 4.69) is 17.4 Å². The van der Waals surface area contributed by atoms with Crippen LogP contribution in [0, 0.1) is 0 Å². The lowest BCUT2D eigenvalue weighted by Crippen LogP contribution is -2.43. The first-order valence-corrected chi connectivity index (χ1v) is 13.3. The normalized spacial score (nSPS) is 12.5. The van der Waals surface area contributed by atoms with Gasteiger partial charge in [0.1, 0.15) is 25.0 Å². The maximum atomic E-state index is 13.1. The first-order valence-electron chi connectivity index (χ1n) is 13.3. The number of ether oxygens (including phenoxy) is 3. The van der Waals surface area contributed by atoms with E-state index in [0.29, 0.717) is 11.3 Å². The molecule has 2 amide bonds. The van der Waals surface area contributed by atoms with E-state index in [0.717, 1.165) is 27.8 Å². The van der Waals surface area contributed by atoms with Crippen LogP contribution in [-0.2, 0) is 32.1 Å². The van der Waals surface area contributed by atoms with Gasteiger partial charge in [0, 0.05) is 12.3 Å². The van der Waals surface area contributed by atoms with Crippen LogP contribution in [0.1, 0.15) is 28.2 Å². The van der Waals surface area contributed by atoms with E-state index in [1.54, 1.807) is 24.3 Å². The second kappa shape index (κ2) is 12.8. The quantitative estimate of drug-likeness (QED) is 0.261. The predicted molar refractivity (Wildman–Crippen MR) is 153 cm³/mol. The minimum absolute atomic E-state index is 0.00735. The summed E-state index contributed by atoms with van der Waals surface area (Å²) < 4.78 is 16.5. The fourth-order valence-electron chi connectivity index (χ4n) is 4.92. The molecule has 0 radical (unpaired) electrons. The number of carbonyl (C=O) groups excluding carboxylic acids is 3. The Morgan fingerprint density at radius 1 is 0.732 bits per heavy atom. The Bertz CT molecular complexity index is 1480. The molecule has 4 aromatic rings. The smallest absolute Gasteiger partial charge is 0.407 e. The third kappa shape index (κ3) is 6.91. The molecule has 1 aliphatic carbocycles. The van der Waals surface area contributed by atoms with Gasteiger partial charge in [-0.15, -0.1) is 0 Å². The van der Waals surface area contributed by atoms with E-state index in [1.165, 1.54) is 0 Å². The molecule has 208 valence electrons. The van der Waals surface area contributed by atoms with Crippen molar-refractivity contribution in [2.75, 3.05) is 13.2 Å². The Morgan fingerprint density at radius 3 is 1.98 bits per heavy atom. The molecule has 1 aliphatic rings. The topological polar surface area (TPSA) is 117 Å². The van der Waals surface area contributed by atoms with E-state index < -0.39 is 24.0 Å². The molecule has 4 aromatic carbocycles. The number of nitrogens with one attached hydrogen (secondary N) is 1. The number of amides is 2. The lowest BCUT2D eigenvalue weighted by atomic mass is 9.98. The Kier molecular flexibility index (Phi) is 8.59. The van der Waals surface area contributed by atoms with E-state index in [-0.39, 0.29) is 32.2 Å². The van der Waals surface area contributed by atoms with Gasteiger partial charge in [-0.25, -0.2) is 9.59 Å². The highest BCUT2D eigenvalue weighted by Crippen LogP contribution is 2.44. The number of nitrogens with two attached hydrogens (primary N) is 1. The van der Waals surface area contributed by atoms with E-state index in [1.807, 2.05) is 66.7 Å². The molecule has 8 heteroatoms. The maximum Gasteiger partial charge on any atom is 0.407 e.